The molecule has 18 heavy (non-hydrogen) atoms. The Morgan fingerprint density at radius 1 is 0.889 bits per heavy atom. The first-order chi connectivity index (χ1) is 7.99. The summed E-state index contributed by atoms with van der Waals surface area (Å²) >= 11 is 0. The van der Waals surface area contributed by atoms with Crippen LogP contribution in [0.25, 0.3) is 0 Å². The van der Waals surface area contributed by atoms with E-state index >= 15 is 0 Å². The van der Waals surface area contributed by atoms with Gasteiger partial charge in [0.25, 0.3) is 0 Å². The number of nitrogens with one attached hydrogen (secondary N) is 2. The van der Waals surface area contributed by atoms with Crippen LogP contribution >= 0.6 is 0 Å². The molecule has 0 aromatic heterocycles. The van der Waals surface area contributed by atoms with Crippen molar-refractivity contribution in [2.75, 3.05) is 13.1 Å². The van der Waals surface area contributed by atoms with Gasteiger partial charge in [-0.3, -0.25) is 9.59 Å². The molecule has 0 heterocycles. The van der Waals surface area contributed by atoms with E-state index in [2.05, 4.69) is 17.6 Å². The van der Waals surface area contributed by atoms with Crippen LogP contribution in [-0.4, -0.2) is 35.7 Å². The predicted molar refractivity (Wildman–Crippen MR) is 74.7 cm³/mol. The Morgan fingerprint density at radius 3 is 1.39 bits per heavy atom. The average Bonchev–Trinajstić information content (AvgIpc) is 2.23. The van der Waals surface area contributed by atoms with E-state index in [9.17, 15) is 9.59 Å². The SMILES string of the molecule is CC(=O)C(C)(C)NCC(C)CNC(C)(C)C(C)=O. The van der Waals surface area contributed by atoms with Gasteiger partial charge in [-0.25, -0.2) is 0 Å². The molecule has 0 unspecified atom stereocenters. The van der Waals surface area contributed by atoms with Crippen molar-refractivity contribution in [2.24, 2.45) is 5.92 Å². The summed E-state index contributed by atoms with van der Waals surface area (Å²) in [5.74, 6) is 0.612. The van der Waals surface area contributed by atoms with Crippen molar-refractivity contribution in [3.05, 3.63) is 0 Å². The number of hydrogen-bond acceptors (Lipinski definition) is 4. The average molecular weight is 256 g/mol. The predicted octanol–water partition coefficient (Wildman–Crippen LogP) is 1.54. The second kappa shape index (κ2) is 6.43. The Balaban J connectivity index is 4.11. The molecule has 0 aliphatic heterocycles. The lowest BCUT2D eigenvalue weighted by atomic mass is 9.98. The molecule has 0 rings (SSSR count). The molecule has 0 fully saturated rings. The molecule has 0 saturated heterocycles. The van der Waals surface area contributed by atoms with Crippen LogP contribution in [0.3, 0.4) is 0 Å². The van der Waals surface area contributed by atoms with Crippen molar-refractivity contribution in [2.45, 2.75) is 59.5 Å². The summed E-state index contributed by atoms with van der Waals surface area (Å²) in [5.41, 5.74) is -0.964. The second-order valence-electron chi connectivity index (χ2n) is 6.23. The molecule has 0 aromatic rings. The number of rotatable bonds is 8. The topological polar surface area (TPSA) is 58.2 Å². The third-order valence-corrected chi connectivity index (χ3v) is 3.55. The van der Waals surface area contributed by atoms with Crippen LogP contribution in [0, 0.1) is 5.92 Å². The van der Waals surface area contributed by atoms with Gasteiger partial charge in [-0.2, -0.15) is 0 Å². The van der Waals surface area contributed by atoms with E-state index in [0.717, 1.165) is 13.1 Å². The van der Waals surface area contributed by atoms with Gasteiger partial charge in [-0.15, -0.1) is 0 Å². The Kier molecular flexibility index (Phi) is 6.17. The van der Waals surface area contributed by atoms with Crippen LogP contribution in [0.15, 0.2) is 0 Å². The quantitative estimate of drug-likeness (QED) is 0.691. The second-order valence-corrected chi connectivity index (χ2v) is 6.23. The fourth-order valence-corrected chi connectivity index (χ4v) is 1.18. The van der Waals surface area contributed by atoms with Crippen LogP contribution < -0.4 is 10.6 Å². The van der Waals surface area contributed by atoms with Crippen molar-refractivity contribution in [1.29, 1.82) is 0 Å². The first-order valence-corrected chi connectivity index (χ1v) is 6.51. The van der Waals surface area contributed by atoms with Crippen molar-refractivity contribution in [3.63, 3.8) is 0 Å². The molecule has 0 saturated carbocycles. The number of Topliss-reactive ketones (excluding diaryl/α,β-unsaturated/α-hetero) is 2. The van der Waals surface area contributed by atoms with Crippen molar-refractivity contribution >= 4 is 11.6 Å². The maximum Gasteiger partial charge on any atom is 0.149 e. The molecule has 4 heteroatoms. The van der Waals surface area contributed by atoms with Gasteiger partial charge in [-0.1, -0.05) is 6.92 Å². The molecular formula is C14H28N2O2. The Labute approximate surface area is 111 Å². The van der Waals surface area contributed by atoms with E-state index in [0.29, 0.717) is 5.92 Å². The minimum atomic E-state index is -0.482. The van der Waals surface area contributed by atoms with E-state index < -0.39 is 11.1 Å². The zero-order valence-electron chi connectivity index (χ0n) is 12.8. The Hall–Kier alpha value is -0.740. The van der Waals surface area contributed by atoms with E-state index in [1.54, 1.807) is 13.8 Å². The van der Waals surface area contributed by atoms with Crippen LogP contribution in [0.4, 0.5) is 0 Å². The minimum absolute atomic E-state index is 0.131. The highest BCUT2D eigenvalue weighted by Crippen LogP contribution is 2.07. The van der Waals surface area contributed by atoms with Gasteiger partial charge >= 0.3 is 0 Å². The number of carbonyl (C=O) groups excluding carboxylic acids is 2. The highest BCUT2D eigenvalue weighted by atomic mass is 16.1. The van der Waals surface area contributed by atoms with Crippen LogP contribution in [0.1, 0.15) is 48.5 Å². The molecular weight excluding hydrogens is 228 g/mol. The van der Waals surface area contributed by atoms with Gasteiger partial charge in [0, 0.05) is 0 Å². The summed E-state index contributed by atoms with van der Waals surface area (Å²) in [6.45, 7) is 14.3. The van der Waals surface area contributed by atoms with Gasteiger partial charge in [0.1, 0.15) is 11.6 Å². The minimum Gasteiger partial charge on any atom is -0.305 e. The summed E-state index contributed by atoms with van der Waals surface area (Å²) < 4.78 is 0. The largest absolute Gasteiger partial charge is 0.305 e. The smallest absolute Gasteiger partial charge is 0.149 e. The zero-order chi connectivity index (χ0) is 14.6. The van der Waals surface area contributed by atoms with E-state index in [4.69, 9.17) is 0 Å². The normalized spacial score (nSPS) is 12.9. The molecule has 0 bridgehead atoms. The summed E-state index contributed by atoms with van der Waals surface area (Å²) in [6.07, 6.45) is 0. The summed E-state index contributed by atoms with van der Waals surface area (Å²) in [6, 6.07) is 0. The molecule has 4 nitrogen and oxygen atoms in total. The van der Waals surface area contributed by atoms with E-state index in [-0.39, 0.29) is 11.6 Å². The van der Waals surface area contributed by atoms with Crippen molar-refractivity contribution < 1.29 is 9.59 Å². The number of ketones is 2. The summed E-state index contributed by atoms with van der Waals surface area (Å²) in [4.78, 5) is 22.7. The fraction of sp³-hybridized carbons (Fsp3) is 0.857. The standard InChI is InChI=1S/C14H28N2O2/c1-10(8-15-13(4,5)11(2)17)9-16-14(6,7)12(3)18/h10,15-16H,8-9H2,1-7H3. The van der Waals surface area contributed by atoms with Crippen LogP contribution in [0.2, 0.25) is 0 Å². The summed E-state index contributed by atoms with van der Waals surface area (Å²) in [7, 11) is 0. The van der Waals surface area contributed by atoms with Gasteiger partial charge in [0.05, 0.1) is 11.1 Å². The van der Waals surface area contributed by atoms with Crippen molar-refractivity contribution in [1.82, 2.24) is 10.6 Å². The first kappa shape index (κ1) is 17.3. The molecule has 0 aromatic carbocycles. The Bertz CT molecular complexity index is 279. The fourth-order valence-electron chi connectivity index (χ4n) is 1.18. The molecule has 0 aliphatic rings. The van der Waals surface area contributed by atoms with Gasteiger partial charge in [0.2, 0.25) is 0 Å². The number of hydrogen-bond donors (Lipinski definition) is 2. The summed E-state index contributed by atoms with van der Waals surface area (Å²) in [5, 5.41) is 6.50. The highest BCUT2D eigenvalue weighted by Gasteiger charge is 2.25. The lowest BCUT2D eigenvalue weighted by molar-refractivity contribution is -0.122. The number of carbonyl (C=O) groups is 2. The van der Waals surface area contributed by atoms with Gasteiger partial charge in [-0.05, 0) is 60.5 Å². The lowest BCUT2D eigenvalue weighted by Crippen LogP contribution is -2.51. The van der Waals surface area contributed by atoms with Crippen molar-refractivity contribution in [3.8, 4) is 0 Å². The monoisotopic (exact) mass is 256 g/mol. The maximum atomic E-state index is 11.4. The molecule has 0 radical (unpaired) electrons. The molecule has 0 atom stereocenters. The zero-order valence-corrected chi connectivity index (χ0v) is 12.8. The Morgan fingerprint density at radius 2 is 1.17 bits per heavy atom. The lowest BCUT2D eigenvalue weighted by Gasteiger charge is -2.28. The third kappa shape index (κ3) is 5.74. The molecule has 0 aliphatic carbocycles. The van der Waals surface area contributed by atoms with Crippen LogP contribution in [-0.2, 0) is 9.59 Å². The van der Waals surface area contributed by atoms with Crippen LogP contribution in [0.5, 0.6) is 0 Å². The van der Waals surface area contributed by atoms with E-state index in [1.165, 1.54) is 0 Å². The molecule has 2 N–H and O–H groups in total. The molecule has 0 amide bonds. The van der Waals surface area contributed by atoms with Gasteiger partial charge < -0.3 is 10.6 Å². The maximum absolute atomic E-state index is 11.4. The molecule has 106 valence electrons. The third-order valence-electron chi connectivity index (χ3n) is 3.55. The van der Waals surface area contributed by atoms with Gasteiger partial charge in [0.15, 0.2) is 0 Å². The highest BCUT2D eigenvalue weighted by molar-refractivity contribution is 5.85. The molecule has 0 spiro atoms. The van der Waals surface area contributed by atoms with E-state index in [1.807, 2.05) is 27.7 Å². The first-order valence-electron chi connectivity index (χ1n) is 6.51.